The predicted molar refractivity (Wildman–Crippen MR) is 82.9 cm³/mol. The molecule has 0 aliphatic carbocycles. The summed E-state index contributed by atoms with van der Waals surface area (Å²) >= 11 is 6.03. The fraction of sp³-hybridized carbons (Fsp3) is 0.0625. The van der Waals surface area contributed by atoms with Crippen LogP contribution in [0.3, 0.4) is 0 Å². The topological polar surface area (TPSA) is 68.0 Å². The van der Waals surface area contributed by atoms with Crippen LogP contribution in [0.2, 0.25) is 5.02 Å². The Balaban J connectivity index is 2.08. The number of nitrogens with zero attached hydrogens (tertiary/aromatic N) is 3. The molecule has 0 fully saturated rings. The van der Waals surface area contributed by atoms with Gasteiger partial charge < -0.3 is 5.11 Å². The van der Waals surface area contributed by atoms with Crippen LogP contribution in [0.25, 0.3) is 11.3 Å². The number of hydrogen-bond donors (Lipinski definition) is 1. The molecule has 116 valence electrons. The second-order valence-corrected chi connectivity index (χ2v) is 5.26. The van der Waals surface area contributed by atoms with E-state index in [1.807, 2.05) is 6.07 Å². The van der Waals surface area contributed by atoms with Crippen LogP contribution in [0.5, 0.6) is 0 Å². The van der Waals surface area contributed by atoms with Gasteiger partial charge in [-0.05, 0) is 17.7 Å². The standard InChI is InChI=1S/C16H11ClFN3O2/c17-13-8-12(18)7-6-11(13)9-21-15(10-4-2-1-3-5-10)14(16(22)23)19-20-21/h1-8H,9H2,(H,22,23). The average Bonchev–Trinajstić information content (AvgIpc) is 2.95. The van der Waals surface area contributed by atoms with Gasteiger partial charge in [-0.2, -0.15) is 0 Å². The van der Waals surface area contributed by atoms with Crippen molar-refractivity contribution in [3.63, 3.8) is 0 Å². The lowest BCUT2D eigenvalue weighted by Gasteiger charge is -2.09. The maximum absolute atomic E-state index is 13.1. The van der Waals surface area contributed by atoms with E-state index in [2.05, 4.69) is 10.3 Å². The van der Waals surface area contributed by atoms with Crippen LogP contribution in [-0.2, 0) is 6.54 Å². The highest BCUT2D eigenvalue weighted by molar-refractivity contribution is 6.31. The number of aromatic nitrogens is 3. The summed E-state index contributed by atoms with van der Waals surface area (Å²) in [7, 11) is 0. The lowest BCUT2D eigenvalue weighted by Crippen LogP contribution is -2.06. The van der Waals surface area contributed by atoms with Crippen molar-refractivity contribution in [1.29, 1.82) is 0 Å². The molecule has 5 nitrogen and oxygen atoms in total. The van der Waals surface area contributed by atoms with Crippen molar-refractivity contribution in [2.24, 2.45) is 0 Å². The summed E-state index contributed by atoms with van der Waals surface area (Å²) in [5.74, 6) is -1.60. The number of benzene rings is 2. The summed E-state index contributed by atoms with van der Waals surface area (Å²) in [6.07, 6.45) is 0. The lowest BCUT2D eigenvalue weighted by atomic mass is 10.1. The van der Waals surface area contributed by atoms with Crippen LogP contribution < -0.4 is 0 Å². The zero-order valence-electron chi connectivity index (χ0n) is 11.8. The van der Waals surface area contributed by atoms with E-state index in [4.69, 9.17) is 11.6 Å². The smallest absolute Gasteiger partial charge is 0.358 e. The molecular formula is C16H11ClFN3O2. The largest absolute Gasteiger partial charge is 0.476 e. The maximum Gasteiger partial charge on any atom is 0.358 e. The predicted octanol–water partition coefficient (Wildman–Crippen LogP) is 3.48. The van der Waals surface area contributed by atoms with E-state index < -0.39 is 11.8 Å². The van der Waals surface area contributed by atoms with Crippen LogP contribution in [0, 0.1) is 5.82 Å². The Morgan fingerprint density at radius 2 is 1.96 bits per heavy atom. The molecule has 0 radical (unpaired) electrons. The third-order valence-electron chi connectivity index (χ3n) is 3.32. The molecule has 0 saturated carbocycles. The van der Waals surface area contributed by atoms with Crippen LogP contribution in [0.4, 0.5) is 4.39 Å². The number of hydrogen-bond acceptors (Lipinski definition) is 3. The zero-order chi connectivity index (χ0) is 16.4. The van der Waals surface area contributed by atoms with Gasteiger partial charge in [-0.1, -0.05) is 53.2 Å². The van der Waals surface area contributed by atoms with Crippen molar-refractivity contribution in [3.8, 4) is 11.3 Å². The van der Waals surface area contributed by atoms with Crippen molar-refractivity contribution >= 4 is 17.6 Å². The van der Waals surface area contributed by atoms with Crippen molar-refractivity contribution in [3.05, 3.63) is 70.6 Å². The summed E-state index contributed by atoms with van der Waals surface area (Å²) < 4.78 is 14.6. The minimum absolute atomic E-state index is 0.144. The van der Waals surface area contributed by atoms with Gasteiger partial charge in [0, 0.05) is 10.6 Å². The van der Waals surface area contributed by atoms with Gasteiger partial charge in [0.15, 0.2) is 5.69 Å². The van der Waals surface area contributed by atoms with Crippen LogP contribution in [0.15, 0.2) is 48.5 Å². The number of carboxylic acid groups (broad SMARTS) is 1. The van der Waals surface area contributed by atoms with Crippen LogP contribution in [0.1, 0.15) is 16.1 Å². The summed E-state index contributed by atoms with van der Waals surface area (Å²) in [6, 6.07) is 13.0. The molecule has 3 rings (SSSR count). The van der Waals surface area contributed by atoms with E-state index in [1.54, 1.807) is 24.3 Å². The first-order chi connectivity index (χ1) is 11.1. The fourth-order valence-corrected chi connectivity index (χ4v) is 2.49. The number of aromatic carboxylic acids is 1. The van der Waals surface area contributed by atoms with Gasteiger partial charge in [0.1, 0.15) is 11.5 Å². The molecule has 0 unspecified atom stereocenters. The van der Waals surface area contributed by atoms with Crippen molar-refractivity contribution in [2.45, 2.75) is 6.54 Å². The van der Waals surface area contributed by atoms with Gasteiger partial charge in [-0.15, -0.1) is 5.10 Å². The summed E-state index contributed by atoms with van der Waals surface area (Å²) in [5, 5.41) is 17.2. The lowest BCUT2D eigenvalue weighted by molar-refractivity contribution is 0.0691. The molecule has 1 heterocycles. The van der Waals surface area contributed by atoms with E-state index in [0.717, 1.165) is 0 Å². The Kier molecular flexibility index (Phi) is 4.08. The van der Waals surface area contributed by atoms with Crippen molar-refractivity contribution in [1.82, 2.24) is 15.0 Å². The van der Waals surface area contributed by atoms with E-state index in [0.29, 0.717) is 16.8 Å². The molecule has 2 aromatic carbocycles. The summed E-state index contributed by atoms with van der Waals surface area (Å²) in [5.41, 5.74) is 1.52. The molecule has 1 aromatic heterocycles. The number of halogens is 2. The zero-order valence-corrected chi connectivity index (χ0v) is 12.5. The average molecular weight is 332 g/mol. The second-order valence-electron chi connectivity index (χ2n) is 4.85. The quantitative estimate of drug-likeness (QED) is 0.794. The van der Waals surface area contributed by atoms with Crippen LogP contribution >= 0.6 is 11.6 Å². The van der Waals surface area contributed by atoms with Crippen molar-refractivity contribution in [2.75, 3.05) is 0 Å². The first-order valence-electron chi connectivity index (χ1n) is 6.72. The summed E-state index contributed by atoms with van der Waals surface area (Å²) in [6.45, 7) is 0.184. The molecule has 0 aliphatic heterocycles. The molecule has 0 bridgehead atoms. The number of carboxylic acids is 1. The van der Waals surface area contributed by atoms with E-state index in [-0.39, 0.29) is 17.3 Å². The molecule has 0 atom stereocenters. The fourth-order valence-electron chi connectivity index (χ4n) is 2.26. The monoisotopic (exact) mass is 331 g/mol. The second kappa shape index (κ2) is 6.18. The highest BCUT2D eigenvalue weighted by Crippen LogP contribution is 2.25. The normalized spacial score (nSPS) is 10.7. The molecule has 0 spiro atoms. The molecule has 0 aliphatic rings. The van der Waals surface area contributed by atoms with Gasteiger partial charge in [-0.3, -0.25) is 0 Å². The molecular weight excluding hydrogens is 321 g/mol. The molecule has 23 heavy (non-hydrogen) atoms. The first-order valence-corrected chi connectivity index (χ1v) is 7.10. The Hall–Kier alpha value is -2.73. The molecule has 0 saturated heterocycles. The third kappa shape index (κ3) is 3.07. The molecule has 3 aromatic rings. The van der Waals surface area contributed by atoms with Gasteiger partial charge in [-0.25, -0.2) is 13.9 Å². The number of carbonyl (C=O) groups is 1. The summed E-state index contributed by atoms with van der Waals surface area (Å²) in [4.78, 5) is 11.4. The van der Waals surface area contributed by atoms with Gasteiger partial charge in [0.25, 0.3) is 0 Å². The third-order valence-corrected chi connectivity index (χ3v) is 3.67. The van der Waals surface area contributed by atoms with Crippen LogP contribution in [-0.4, -0.2) is 26.1 Å². The Labute approximate surface area is 135 Å². The Morgan fingerprint density at radius 3 is 2.61 bits per heavy atom. The minimum Gasteiger partial charge on any atom is -0.476 e. The van der Waals surface area contributed by atoms with E-state index in [9.17, 15) is 14.3 Å². The molecule has 7 heteroatoms. The molecule has 0 amide bonds. The molecule has 1 N–H and O–H groups in total. The minimum atomic E-state index is -1.17. The SMILES string of the molecule is O=C(O)c1nnn(Cc2ccc(F)cc2Cl)c1-c1ccccc1. The van der Waals surface area contributed by atoms with Crippen molar-refractivity contribution < 1.29 is 14.3 Å². The first kappa shape index (κ1) is 15.2. The number of rotatable bonds is 4. The maximum atomic E-state index is 13.1. The Bertz CT molecular complexity index is 865. The van der Waals surface area contributed by atoms with E-state index >= 15 is 0 Å². The van der Waals surface area contributed by atoms with E-state index in [1.165, 1.54) is 22.9 Å². The van der Waals surface area contributed by atoms with Gasteiger partial charge in [0.05, 0.1) is 6.54 Å². The highest BCUT2D eigenvalue weighted by atomic mass is 35.5. The van der Waals surface area contributed by atoms with Gasteiger partial charge in [0.2, 0.25) is 0 Å². The Morgan fingerprint density at radius 1 is 1.22 bits per heavy atom. The van der Waals surface area contributed by atoms with Gasteiger partial charge >= 0.3 is 5.97 Å². The highest BCUT2D eigenvalue weighted by Gasteiger charge is 2.21.